The summed E-state index contributed by atoms with van der Waals surface area (Å²) in [6.07, 6.45) is 2.91. The number of hydrogen-bond donors (Lipinski definition) is 1. The molecule has 3 aliphatic rings. The Morgan fingerprint density at radius 2 is 2.08 bits per heavy atom. The van der Waals surface area contributed by atoms with Gasteiger partial charge in [-0.05, 0) is 50.0 Å². The quantitative estimate of drug-likeness (QED) is 0.873. The maximum atomic E-state index is 13.2. The number of likely N-dealkylation sites (tertiary alicyclic amines) is 1. The number of nitrogens with zero attached hydrogens (tertiary/aromatic N) is 2. The summed E-state index contributed by atoms with van der Waals surface area (Å²) in [7, 11) is 0. The van der Waals surface area contributed by atoms with Crippen molar-refractivity contribution in [3.63, 3.8) is 0 Å². The number of fused-ring (bicyclic) bond motifs is 1. The molecule has 3 fully saturated rings. The van der Waals surface area contributed by atoms with Crippen LogP contribution in [0.1, 0.15) is 24.0 Å². The molecule has 3 saturated heterocycles. The Morgan fingerprint density at radius 1 is 1.27 bits per heavy atom. The van der Waals surface area contributed by atoms with Crippen molar-refractivity contribution < 1.29 is 9.53 Å². The average Bonchev–Trinajstić information content (AvgIpc) is 3.18. The second-order valence-corrected chi connectivity index (χ2v) is 8.15. The number of hydrogen-bond acceptors (Lipinski definition) is 4. The van der Waals surface area contributed by atoms with Crippen LogP contribution in [0.25, 0.3) is 0 Å². The fourth-order valence-electron chi connectivity index (χ4n) is 4.61. The summed E-state index contributed by atoms with van der Waals surface area (Å²) < 4.78 is 5.88. The summed E-state index contributed by atoms with van der Waals surface area (Å²) in [5.74, 6) is 0.201. The Balaban J connectivity index is 1.52. The van der Waals surface area contributed by atoms with Crippen molar-refractivity contribution in [2.24, 2.45) is 0 Å². The lowest BCUT2D eigenvalue weighted by atomic mass is 9.92. The standard InChI is InChI=1S/C20H28ClN3O2/c1-14-4-5-15(10-16(14)21)11-19(25)24-9-6-22-17-12-26-13-18(20(17)24)23-7-2-3-8-23/h4-5,10,17-18,20,22H,2-3,6-9,11-13H2,1H3/t17-,18+,20+/m1/s1. The van der Waals surface area contributed by atoms with Crippen LogP contribution >= 0.6 is 11.6 Å². The molecule has 3 aliphatic heterocycles. The molecule has 0 unspecified atom stereocenters. The largest absolute Gasteiger partial charge is 0.378 e. The fraction of sp³-hybridized carbons (Fsp3) is 0.650. The Hall–Kier alpha value is -1.14. The van der Waals surface area contributed by atoms with Gasteiger partial charge in [0.2, 0.25) is 5.91 Å². The lowest BCUT2D eigenvalue weighted by Gasteiger charge is -2.50. The third-order valence-electron chi connectivity index (χ3n) is 6.03. The summed E-state index contributed by atoms with van der Waals surface area (Å²) in [6, 6.07) is 6.66. The van der Waals surface area contributed by atoms with Gasteiger partial charge in [0, 0.05) is 18.1 Å². The monoisotopic (exact) mass is 377 g/mol. The number of ether oxygens (including phenoxy) is 1. The van der Waals surface area contributed by atoms with E-state index in [1.165, 1.54) is 12.8 Å². The van der Waals surface area contributed by atoms with E-state index in [9.17, 15) is 4.79 Å². The van der Waals surface area contributed by atoms with Crippen molar-refractivity contribution >= 4 is 17.5 Å². The number of piperazine rings is 1. The highest BCUT2D eigenvalue weighted by atomic mass is 35.5. The third-order valence-corrected chi connectivity index (χ3v) is 6.44. The van der Waals surface area contributed by atoms with Crippen LogP contribution in [-0.4, -0.2) is 73.2 Å². The number of carbonyl (C=O) groups excluding carboxylic acids is 1. The summed E-state index contributed by atoms with van der Waals surface area (Å²) >= 11 is 6.24. The molecule has 142 valence electrons. The van der Waals surface area contributed by atoms with E-state index < -0.39 is 0 Å². The molecule has 6 heteroatoms. The highest BCUT2D eigenvalue weighted by Gasteiger charge is 2.44. The van der Waals surface area contributed by atoms with Crippen LogP contribution in [0.4, 0.5) is 0 Å². The predicted molar refractivity (Wildman–Crippen MR) is 103 cm³/mol. The van der Waals surface area contributed by atoms with Gasteiger partial charge in [0.05, 0.1) is 37.8 Å². The van der Waals surface area contributed by atoms with Gasteiger partial charge in [-0.25, -0.2) is 0 Å². The minimum atomic E-state index is 0.198. The van der Waals surface area contributed by atoms with Crippen molar-refractivity contribution in [3.05, 3.63) is 34.3 Å². The number of aryl methyl sites for hydroxylation is 1. The second kappa shape index (κ2) is 7.85. The Bertz CT molecular complexity index is 660. The summed E-state index contributed by atoms with van der Waals surface area (Å²) in [6.45, 7) is 7.23. The van der Waals surface area contributed by atoms with E-state index in [1.54, 1.807) is 0 Å². The molecule has 1 aromatic carbocycles. The van der Waals surface area contributed by atoms with Crippen LogP contribution < -0.4 is 5.32 Å². The number of benzene rings is 1. The molecule has 3 atom stereocenters. The van der Waals surface area contributed by atoms with E-state index in [2.05, 4.69) is 15.1 Å². The summed E-state index contributed by atoms with van der Waals surface area (Å²) in [5, 5.41) is 4.30. The van der Waals surface area contributed by atoms with E-state index >= 15 is 0 Å². The third kappa shape index (κ3) is 3.63. The zero-order valence-electron chi connectivity index (χ0n) is 15.4. The molecule has 26 heavy (non-hydrogen) atoms. The second-order valence-electron chi connectivity index (χ2n) is 7.75. The first-order chi connectivity index (χ1) is 12.6. The average molecular weight is 378 g/mol. The number of carbonyl (C=O) groups is 1. The van der Waals surface area contributed by atoms with Gasteiger partial charge < -0.3 is 15.0 Å². The first-order valence-electron chi connectivity index (χ1n) is 9.73. The first kappa shape index (κ1) is 18.2. The van der Waals surface area contributed by atoms with Gasteiger partial charge in [-0.15, -0.1) is 0 Å². The minimum absolute atomic E-state index is 0.198. The zero-order valence-corrected chi connectivity index (χ0v) is 16.2. The van der Waals surface area contributed by atoms with Crippen molar-refractivity contribution in [1.82, 2.24) is 15.1 Å². The van der Waals surface area contributed by atoms with Gasteiger partial charge in [0.25, 0.3) is 0 Å². The van der Waals surface area contributed by atoms with Gasteiger partial charge in [0.15, 0.2) is 0 Å². The number of nitrogens with one attached hydrogen (secondary N) is 1. The smallest absolute Gasteiger partial charge is 0.227 e. The maximum absolute atomic E-state index is 13.2. The summed E-state index contributed by atoms with van der Waals surface area (Å²) in [5.41, 5.74) is 2.04. The molecule has 0 spiro atoms. The van der Waals surface area contributed by atoms with Crippen molar-refractivity contribution in [2.75, 3.05) is 39.4 Å². The Labute approximate surface area is 160 Å². The molecule has 4 rings (SSSR count). The topological polar surface area (TPSA) is 44.8 Å². The van der Waals surface area contributed by atoms with Crippen molar-refractivity contribution in [1.29, 1.82) is 0 Å². The molecule has 0 saturated carbocycles. The number of halogens is 1. The van der Waals surface area contributed by atoms with Crippen molar-refractivity contribution in [3.8, 4) is 0 Å². The molecule has 0 aromatic heterocycles. The lowest BCUT2D eigenvalue weighted by Crippen LogP contribution is -2.70. The Morgan fingerprint density at radius 3 is 2.85 bits per heavy atom. The van der Waals surface area contributed by atoms with Gasteiger partial charge in [-0.1, -0.05) is 23.7 Å². The van der Waals surface area contributed by atoms with Gasteiger partial charge in [-0.2, -0.15) is 0 Å². The zero-order chi connectivity index (χ0) is 18.1. The van der Waals surface area contributed by atoms with Gasteiger partial charge in [-0.3, -0.25) is 9.69 Å². The summed E-state index contributed by atoms with van der Waals surface area (Å²) in [4.78, 5) is 17.8. The molecular formula is C20H28ClN3O2. The van der Waals surface area contributed by atoms with Crippen LogP contribution in [0.15, 0.2) is 18.2 Å². The molecule has 0 bridgehead atoms. The lowest BCUT2D eigenvalue weighted by molar-refractivity contribution is -0.142. The molecule has 1 aromatic rings. The van der Waals surface area contributed by atoms with Crippen LogP contribution in [0, 0.1) is 6.92 Å². The van der Waals surface area contributed by atoms with Crippen LogP contribution in [0.2, 0.25) is 5.02 Å². The van der Waals surface area contributed by atoms with E-state index in [0.717, 1.165) is 48.9 Å². The van der Waals surface area contributed by atoms with E-state index in [-0.39, 0.29) is 18.0 Å². The van der Waals surface area contributed by atoms with Crippen molar-refractivity contribution in [2.45, 2.75) is 44.3 Å². The van der Waals surface area contributed by atoms with Crippen LogP contribution in [0.5, 0.6) is 0 Å². The van der Waals surface area contributed by atoms with Crippen LogP contribution in [-0.2, 0) is 16.0 Å². The Kier molecular flexibility index (Phi) is 5.50. The minimum Gasteiger partial charge on any atom is -0.378 e. The molecule has 5 nitrogen and oxygen atoms in total. The van der Waals surface area contributed by atoms with Gasteiger partial charge >= 0.3 is 0 Å². The molecular weight excluding hydrogens is 350 g/mol. The molecule has 0 aliphatic carbocycles. The molecule has 3 heterocycles. The van der Waals surface area contributed by atoms with Crippen LogP contribution in [0.3, 0.4) is 0 Å². The highest BCUT2D eigenvalue weighted by Crippen LogP contribution is 2.26. The fourth-order valence-corrected chi connectivity index (χ4v) is 4.82. The van der Waals surface area contributed by atoms with Gasteiger partial charge in [0.1, 0.15) is 0 Å². The predicted octanol–water partition coefficient (Wildman–Crippen LogP) is 1.85. The SMILES string of the molecule is Cc1ccc(CC(=O)N2CCN[C@@H]3COC[C@H](N4CCCC4)[C@H]32)cc1Cl. The first-order valence-corrected chi connectivity index (χ1v) is 10.1. The molecule has 1 amide bonds. The maximum Gasteiger partial charge on any atom is 0.227 e. The highest BCUT2D eigenvalue weighted by molar-refractivity contribution is 6.31. The molecule has 1 N–H and O–H groups in total. The normalized spacial score (nSPS) is 29.6. The number of amides is 1. The van der Waals surface area contributed by atoms with E-state index in [4.69, 9.17) is 16.3 Å². The number of rotatable bonds is 3. The molecule has 0 radical (unpaired) electrons. The van der Waals surface area contributed by atoms with E-state index in [1.807, 2.05) is 25.1 Å². The van der Waals surface area contributed by atoms with E-state index in [0.29, 0.717) is 19.1 Å².